The van der Waals surface area contributed by atoms with Crippen molar-refractivity contribution in [1.82, 2.24) is 4.98 Å². The number of amides is 1. The van der Waals surface area contributed by atoms with Gasteiger partial charge in [-0.2, -0.15) is 0 Å². The maximum atomic E-state index is 14.2. The molecule has 0 spiro atoms. The molecular formula is C24H18ClFN2O. The quantitative estimate of drug-likeness (QED) is 0.420. The zero-order valence-electron chi connectivity index (χ0n) is 16.0. The highest BCUT2D eigenvalue weighted by Gasteiger charge is 2.16. The van der Waals surface area contributed by atoms with E-state index in [1.807, 2.05) is 50.2 Å². The molecular weight excluding hydrogens is 387 g/mol. The summed E-state index contributed by atoms with van der Waals surface area (Å²) in [5, 5.41) is 3.62. The fraction of sp³-hybridized carbons (Fsp3) is 0.0833. The fourth-order valence-electron chi connectivity index (χ4n) is 3.38. The first kappa shape index (κ1) is 19.1. The van der Waals surface area contributed by atoms with Crippen molar-refractivity contribution in [1.29, 1.82) is 0 Å². The summed E-state index contributed by atoms with van der Waals surface area (Å²) in [6.07, 6.45) is 0. The molecule has 0 fully saturated rings. The van der Waals surface area contributed by atoms with Crippen molar-refractivity contribution < 1.29 is 9.18 Å². The number of para-hydroxylation sites is 1. The molecule has 144 valence electrons. The van der Waals surface area contributed by atoms with E-state index in [1.165, 1.54) is 18.2 Å². The van der Waals surface area contributed by atoms with Crippen LogP contribution in [0.2, 0.25) is 5.02 Å². The molecule has 5 heteroatoms. The molecule has 0 saturated carbocycles. The number of carbonyl (C=O) groups is 1. The minimum atomic E-state index is -0.584. The molecule has 3 nitrogen and oxygen atoms in total. The normalized spacial score (nSPS) is 10.9. The van der Waals surface area contributed by atoms with Crippen molar-refractivity contribution in [3.05, 3.63) is 94.3 Å². The summed E-state index contributed by atoms with van der Waals surface area (Å²) in [6, 6.07) is 19.4. The van der Waals surface area contributed by atoms with Crippen LogP contribution in [0.5, 0.6) is 0 Å². The molecule has 1 N–H and O–H groups in total. The molecule has 0 aliphatic rings. The number of anilines is 1. The summed E-state index contributed by atoms with van der Waals surface area (Å²) in [4.78, 5) is 17.8. The first-order chi connectivity index (χ1) is 13.9. The summed E-state index contributed by atoms with van der Waals surface area (Å²) in [5.41, 5.74) is 5.09. The van der Waals surface area contributed by atoms with Gasteiger partial charge in [0.1, 0.15) is 5.82 Å². The lowest BCUT2D eigenvalue weighted by atomic mass is 9.99. The molecule has 0 radical (unpaired) electrons. The lowest BCUT2D eigenvalue weighted by Gasteiger charge is -2.13. The van der Waals surface area contributed by atoms with Gasteiger partial charge in [0.25, 0.3) is 5.91 Å². The number of hydrogen-bond acceptors (Lipinski definition) is 2. The maximum Gasteiger partial charge on any atom is 0.256 e. The van der Waals surface area contributed by atoms with E-state index in [-0.39, 0.29) is 10.7 Å². The average Bonchev–Trinajstić information content (AvgIpc) is 2.69. The highest BCUT2D eigenvalue weighted by atomic mass is 35.5. The van der Waals surface area contributed by atoms with Gasteiger partial charge in [-0.15, -0.1) is 0 Å². The summed E-state index contributed by atoms with van der Waals surface area (Å²) in [7, 11) is 0. The standard InChI is InChI=1S/C24H18ClFN2O/c1-14-7-9-17(15(2)11-14)23-13-19(18-5-3-4-6-21(18)27-23)24(29)28-22-10-8-16(25)12-20(22)26/h3-13H,1-2H3,(H,28,29). The molecule has 0 aliphatic carbocycles. The molecule has 0 unspecified atom stereocenters. The Morgan fingerprint density at radius 3 is 2.55 bits per heavy atom. The van der Waals surface area contributed by atoms with Crippen molar-refractivity contribution >= 4 is 34.1 Å². The van der Waals surface area contributed by atoms with E-state index in [0.29, 0.717) is 22.2 Å². The molecule has 0 bridgehead atoms. The molecule has 1 heterocycles. The molecule has 29 heavy (non-hydrogen) atoms. The van der Waals surface area contributed by atoms with Crippen molar-refractivity contribution in [3.8, 4) is 11.3 Å². The Morgan fingerprint density at radius 2 is 1.79 bits per heavy atom. The molecule has 0 aliphatic heterocycles. The molecule has 4 rings (SSSR count). The number of aryl methyl sites for hydroxylation is 2. The van der Waals surface area contributed by atoms with Crippen LogP contribution in [-0.2, 0) is 0 Å². The largest absolute Gasteiger partial charge is 0.319 e. The van der Waals surface area contributed by atoms with E-state index in [9.17, 15) is 9.18 Å². The van der Waals surface area contributed by atoms with Gasteiger partial charge in [0.05, 0.1) is 22.5 Å². The van der Waals surface area contributed by atoms with E-state index in [0.717, 1.165) is 16.7 Å². The van der Waals surface area contributed by atoms with Crippen LogP contribution >= 0.6 is 11.6 Å². The van der Waals surface area contributed by atoms with Crippen LogP contribution in [0.3, 0.4) is 0 Å². The number of pyridine rings is 1. The number of aromatic nitrogens is 1. The van der Waals surface area contributed by atoms with Gasteiger partial charge in [0.15, 0.2) is 0 Å². The van der Waals surface area contributed by atoms with Crippen LogP contribution in [0.25, 0.3) is 22.2 Å². The number of benzene rings is 3. The van der Waals surface area contributed by atoms with E-state index < -0.39 is 11.7 Å². The van der Waals surface area contributed by atoms with Crippen molar-refractivity contribution in [3.63, 3.8) is 0 Å². The second-order valence-electron chi connectivity index (χ2n) is 6.97. The Morgan fingerprint density at radius 1 is 1.00 bits per heavy atom. The third kappa shape index (κ3) is 3.84. The highest BCUT2D eigenvalue weighted by Crippen LogP contribution is 2.28. The monoisotopic (exact) mass is 404 g/mol. The molecule has 1 aromatic heterocycles. The number of nitrogens with one attached hydrogen (secondary N) is 1. The van der Waals surface area contributed by atoms with Crippen molar-refractivity contribution in [2.24, 2.45) is 0 Å². The maximum absolute atomic E-state index is 14.2. The number of halogens is 2. The predicted octanol–water partition coefficient (Wildman–Crippen LogP) is 6.56. The topological polar surface area (TPSA) is 42.0 Å². The molecule has 1 amide bonds. The van der Waals surface area contributed by atoms with Crippen LogP contribution in [-0.4, -0.2) is 10.9 Å². The van der Waals surface area contributed by atoms with Crippen LogP contribution < -0.4 is 5.32 Å². The summed E-state index contributed by atoms with van der Waals surface area (Å²) < 4.78 is 14.2. The van der Waals surface area contributed by atoms with Crippen LogP contribution in [0.15, 0.2) is 66.7 Å². The first-order valence-corrected chi connectivity index (χ1v) is 9.54. The van der Waals surface area contributed by atoms with Crippen LogP contribution in [0.1, 0.15) is 21.5 Å². The number of nitrogens with zero attached hydrogens (tertiary/aromatic N) is 1. The number of rotatable bonds is 3. The predicted molar refractivity (Wildman–Crippen MR) is 116 cm³/mol. The van der Waals surface area contributed by atoms with Gasteiger partial charge in [-0.25, -0.2) is 9.37 Å². The number of carbonyl (C=O) groups excluding carboxylic acids is 1. The number of hydrogen-bond donors (Lipinski definition) is 1. The van der Waals surface area contributed by atoms with Gasteiger partial charge in [-0.05, 0) is 49.7 Å². The van der Waals surface area contributed by atoms with Gasteiger partial charge >= 0.3 is 0 Å². The van der Waals surface area contributed by atoms with E-state index >= 15 is 0 Å². The van der Waals surface area contributed by atoms with Gasteiger partial charge in [0.2, 0.25) is 0 Å². The fourth-order valence-corrected chi connectivity index (χ4v) is 3.54. The van der Waals surface area contributed by atoms with Gasteiger partial charge in [-0.3, -0.25) is 4.79 Å². The average molecular weight is 405 g/mol. The molecule has 0 saturated heterocycles. The Bertz CT molecular complexity index is 1250. The van der Waals surface area contributed by atoms with E-state index in [4.69, 9.17) is 16.6 Å². The molecule has 3 aromatic carbocycles. The van der Waals surface area contributed by atoms with Gasteiger partial charge in [-0.1, -0.05) is 53.6 Å². The summed E-state index contributed by atoms with van der Waals surface area (Å²) in [6.45, 7) is 4.05. The van der Waals surface area contributed by atoms with E-state index in [2.05, 4.69) is 11.4 Å². The van der Waals surface area contributed by atoms with Crippen molar-refractivity contribution in [2.45, 2.75) is 13.8 Å². The summed E-state index contributed by atoms with van der Waals surface area (Å²) >= 11 is 5.80. The molecule has 4 aromatic rings. The minimum absolute atomic E-state index is 0.0772. The Hall–Kier alpha value is -3.24. The van der Waals surface area contributed by atoms with Gasteiger partial charge in [0, 0.05) is 16.0 Å². The minimum Gasteiger partial charge on any atom is -0.319 e. The highest BCUT2D eigenvalue weighted by molar-refractivity contribution is 6.30. The van der Waals surface area contributed by atoms with Crippen LogP contribution in [0.4, 0.5) is 10.1 Å². The third-order valence-electron chi connectivity index (χ3n) is 4.80. The Kier molecular flexibility index (Phi) is 5.03. The molecule has 0 atom stereocenters. The van der Waals surface area contributed by atoms with E-state index in [1.54, 1.807) is 6.07 Å². The second kappa shape index (κ2) is 7.64. The third-order valence-corrected chi connectivity index (χ3v) is 5.03. The first-order valence-electron chi connectivity index (χ1n) is 9.16. The number of fused-ring (bicyclic) bond motifs is 1. The second-order valence-corrected chi connectivity index (χ2v) is 7.41. The van der Waals surface area contributed by atoms with Crippen LogP contribution in [0, 0.1) is 19.7 Å². The lowest BCUT2D eigenvalue weighted by Crippen LogP contribution is -2.14. The Labute approximate surface area is 173 Å². The SMILES string of the molecule is Cc1ccc(-c2cc(C(=O)Nc3ccc(Cl)cc3F)c3ccccc3n2)c(C)c1. The van der Waals surface area contributed by atoms with Gasteiger partial charge < -0.3 is 5.32 Å². The van der Waals surface area contributed by atoms with Crippen molar-refractivity contribution in [2.75, 3.05) is 5.32 Å². The smallest absolute Gasteiger partial charge is 0.256 e. The zero-order chi connectivity index (χ0) is 20.5. The lowest BCUT2D eigenvalue weighted by molar-refractivity contribution is 0.102. The zero-order valence-corrected chi connectivity index (χ0v) is 16.7. The Balaban J connectivity index is 1.83. The summed E-state index contributed by atoms with van der Waals surface area (Å²) in [5.74, 6) is -0.991.